The Morgan fingerprint density at radius 3 is 2.10 bits per heavy atom. The number of rotatable bonds is 3. The molecule has 0 saturated heterocycles. The summed E-state index contributed by atoms with van der Waals surface area (Å²) in [7, 11) is -4.00. The lowest BCUT2D eigenvalue weighted by molar-refractivity contribution is 0.520. The van der Waals surface area contributed by atoms with Gasteiger partial charge in [0.1, 0.15) is 0 Å². The summed E-state index contributed by atoms with van der Waals surface area (Å²) in [5.41, 5.74) is 0.571. The van der Waals surface area contributed by atoms with Crippen LogP contribution in [-0.4, -0.2) is 18.4 Å². The molecule has 2 aromatic rings. The summed E-state index contributed by atoms with van der Waals surface area (Å²) in [6.45, 7) is 0. The van der Waals surface area contributed by atoms with E-state index in [-0.39, 0.29) is 6.42 Å². The van der Waals surface area contributed by atoms with Crippen LogP contribution in [0.4, 0.5) is 0 Å². The van der Waals surface area contributed by atoms with Gasteiger partial charge in [0, 0.05) is 11.9 Å². The molecule has 0 bridgehead atoms. The lowest BCUT2D eigenvalue weighted by Gasteiger charge is -2.19. The van der Waals surface area contributed by atoms with Gasteiger partial charge in [-0.2, -0.15) is 0 Å². The third-order valence-corrected chi connectivity index (χ3v) is 4.30. The molecule has 102 valence electrons. The zero-order valence-electron chi connectivity index (χ0n) is 10.5. The van der Waals surface area contributed by atoms with Crippen LogP contribution in [0.15, 0.2) is 58.6 Å². The third kappa shape index (κ3) is 2.10. The van der Waals surface area contributed by atoms with Gasteiger partial charge in [-0.3, -0.25) is 4.98 Å². The van der Waals surface area contributed by atoms with Gasteiger partial charge in [0.2, 0.25) is 0 Å². The molecule has 0 saturated carbocycles. The van der Waals surface area contributed by atoms with Gasteiger partial charge in [-0.15, -0.1) is 0 Å². The Balaban J connectivity index is 2.17. The number of fused-ring (bicyclic) bond motifs is 1. The molecule has 0 amide bonds. The molecule has 6 nitrogen and oxygen atoms in total. The molecule has 1 aliphatic rings. The molecule has 2 heterocycles. The van der Waals surface area contributed by atoms with Crippen molar-refractivity contribution in [2.75, 3.05) is 0 Å². The summed E-state index contributed by atoms with van der Waals surface area (Å²) in [4.78, 5) is 10.9. The van der Waals surface area contributed by atoms with Crippen molar-refractivity contribution in [2.45, 2.75) is 11.4 Å². The van der Waals surface area contributed by atoms with Crippen molar-refractivity contribution < 1.29 is 8.42 Å². The molecule has 1 aromatic carbocycles. The number of sulfonamides is 1. The van der Waals surface area contributed by atoms with E-state index in [1.807, 2.05) is 0 Å². The molecule has 2 N–H and O–H groups in total. The van der Waals surface area contributed by atoms with E-state index in [1.165, 1.54) is 0 Å². The smallest absolute Gasteiger partial charge is 0.261 e. The summed E-state index contributed by atoms with van der Waals surface area (Å²) >= 11 is 0. The van der Waals surface area contributed by atoms with Crippen molar-refractivity contribution in [1.29, 1.82) is 0 Å². The number of pyridine rings is 1. The maximum atomic E-state index is 12.0. The first-order chi connectivity index (χ1) is 9.50. The quantitative estimate of drug-likeness (QED) is 0.825. The van der Waals surface area contributed by atoms with Gasteiger partial charge in [-0.05, 0) is 24.3 Å². The second-order valence-electron chi connectivity index (χ2n) is 4.50. The average molecular weight is 288 g/mol. The van der Waals surface area contributed by atoms with Crippen LogP contribution in [0, 0.1) is 0 Å². The lowest BCUT2D eigenvalue weighted by Crippen LogP contribution is -2.42. The summed E-state index contributed by atoms with van der Waals surface area (Å²) in [5.74, 6) is 0. The topological polar surface area (TPSA) is 97.8 Å². The standard InChI is InChI=1S/C13H12N4O2S/c14-20(18,19)13(9-10-5-3-4-8-15-10)16-11-6-1-2-7-12(11)17-13/h1-8H,9H2,(H2,14,18,19). The molecule has 0 fully saturated rings. The van der Waals surface area contributed by atoms with E-state index in [9.17, 15) is 8.42 Å². The van der Waals surface area contributed by atoms with Gasteiger partial charge in [0.15, 0.2) is 0 Å². The summed E-state index contributed by atoms with van der Waals surface area (Å²) < 4.78 is 24.0. The monoisotopic (exact) mass is 288 g/mol. The Morgan fingerprint density at radius 1 is 1.00 bits per heavy atom. The van der Waals surface area contributed by atoms with Gasteiger partial charge in [-0.25, -0.2) is 23.5 Å². The minimum Gasteiger partial charge on any atom is -0.261 e. The van der Waals surface area contributed by atoms with E-state index < -0.39 is 15.0 Å². The van der Waals surface area contributed by atoms with Crippen molar-refractivity contribution >= 4 is 10.0 Å². The first-order valence-electron chi connectivity index (χ1n) is 5.97. The van der Waals surface area contributed by atoms with E-state index in [1.54, 1.807) is 48.7 Å². The molecule has 3 rings (SSSR count). The van der Waals surface area contributed by atoms with Gasteiger partial charge < -0.3 is 0 Å². The van der Waals surface area contributed by atoms with Crippen molar-refractivity contribution in [1.82, 2.24) is 4.98 Å². The van der Waals surface area contributed by atoms with Gasteiger partial charge in [0.25, 0.3) is 15.0 Å². The molecular weight excluding hydrogens is 276 g/mol. The Labute approximate surface area is 115 Å². The minimum atomic E-state index is -4.00. The predicted octanol–water partition coefficient (Wildman–Crippen LogP) is -0.481. The average Bonchev–Trinajstić information content (AvgIpc) is 2.78. The van der Waals surface area contributed by atoms with Crippen LogP contribution >= 0.6 is 0 Å². The van der Waals surface area contributed by atoms with Crippen molar-refractivity contribution in [3.63, 3.8) is 0 Å². The molecular formula is C13H12N4O2S. The van der Waals surface area contributed by atoms with Crippen LogP contribution in [0.1, 0.15) is 5.69 Å². The van der Waals surface area contributed by atoms with Crippen LogP contribution in [0.2, 0.25) is 0 Å². The maximum Gasteiger partial charge on any atom is 0.272 e. The number of nitrogens with two attached hydrogens (primary N) is 1. The zero-order valence-corrected chi connectivity index (χ0v) is 11.3. The predicted molar refractivity (Wildman–Crippen MR) is 72.5 cm³/mol. The Kier molecular flexibility index (Phi) is 2.88. The van der Waals surface area contributed by atoms with Crippen molar-refractivity contribution in [3.05, 3.63) is 65.1 Å². The molecule has 0 radical (unpaired) electrons. The van der Waals surface area contributed by atoms with E-state index in [0.29, 0.717) is 16.4 Å². The fraction of sp³-hybridized carbons (Fsp3) is 0.154. The number of hydrogen-bond acceptors (Lipinski definition) is 5. The van der Waals surface area contributed by atoms with Gasteiger partial charge in [-0.1, -0.05) is 18.2 Å². The second-order valence-corrected chi connectivity index (χ2v) is 6.24. The summed E-state index contributed by atoms with van der Waals surface area (Å²) in [6, 6.07) is 12.2. The van der Waals surface area contributed by atoms with E-state index in [0.717, 1.165) is 0 Å². The first-order valence-corrected chi connectivity index (χ1v) is 7.52. The van der Waals surface area contributed by atoms with E-state index in [4.69, 9.17) is 5.14 Å². The highest BCUT2D eigenvalue weighted by Gasteiger charge is 2.43. The zero-order chi connectivity index (χ0) is 14.2. The number of hydrogen-bond donors (Lipinski definition) is 1. The molecule has 7 heteroatoms. The fourth-order valence-corrected chi connectivity index (χ4v) is 2.90. The molecule has 0 atom stereocenters. The third-order valence-electron chi connectivity index (χ3n) is 3.07. The Hall–Kier alpha value is -2.12. The lowest BCUT2D eigenvalue weighted by atomic mass is 10.2. The molecule has 0 aliphatic carbocycles. The van der Waals surface area contributed by atoms with Crippen LogP contribution in [-0.2, 0) is 16.4 Å². The molecule has 20 heavy (non-hydrogen) atoms. The van der Waals surface area contributed by atoms with Crippen LogP contribution in [0.3, 0.4) is 0 Å². The number of benzene rings is 1. The van der Waals surface area contributed by atoms with Crippen LogP contribution in [0.5, 0.6) is 0 Å². The van der Waals surface area contributed by atoms with Crippen molar-refractivity contribution in [3.8, 4) is 0 Å². The summed E-state index contributed by atoms with van der Waals surface area (Å²) in [6.07, 6.45) is 1.61. The maximum absolute atomic E-state index is 12.0. The number of aromatic nitrogens is 1. The SMILES string of the molecule is NS(=O)(=O)C1(Cc2ccccn2)N=c2ccccc2=N1. The fourth-order valence-electron chi connectivity index (χ4n) is 2.10. The van der Waals surface area contributed by atoms with Gasteiger partial charge >= 0.3 is 0 Å². The van der Waals surface area contributed by atoms with E-state index >= 15 is 0 Å². The van der Waals surface area contributed by atoms with Gasteiger partial charge in [0.05, 0.1) is 17.1 Å². The Bertz CT molecular complexity index is 828. The number of para-hydroxylation sites is 2. The number of nitrogens with zero attached hydrogens (tertiary/aromatic N) is 3. The first kappa shape index (κ1) is 12.9. The molecule has 1 aromatic heterocycles. The van der Waals surface area contributed by atoms with Crippen LogP contribution in [0.25, 0.3) is 0 Å². The Morgan fingerprint density at radius 2 is 1.60 bits per heavy atom. The van der Waals surface area contributed by atoms with E-state index in [2.05, 4.69) is 15.0 Å². The normalized spacial score (nSPS) is 16.1. The minimum absolute atomic E-state index is 0.0152. The highest BCUT2D eigenvalue weighted by atomic mass is 32.2. The number of primary sulfonamides is 1. The highest BCUT2D eigenvalue weighted by molar-refractivity contribution is 7.90. The summed E-state index contributed by atoms with van der Waals surface area (Å²) in [5, 5.41) is 6.41. The highest BCUT2D eigenvalue weighted by Crippen LogP contribution is 2.24. The largest absolute Gasteiger partial charge is 0.272 e. The molecule has 0 spiro atoms. The van der Waals surface area contributed by atoms with Crippen molar-refractivity contribution in [2.24, 2.45) is 15.1 Å². The molecule has 0 unspecified atom stereocenters. The molecule has 1 aliphatic heterocycles. The van der Waals surface area contributed by atoms with Crippen LogP contribution < -0.4 is 15.9 Å². The second kappa shape index (κ2) is 4.46.